The number of nitrogens with two attached hydrogens (primary N) is 1. The molecule has 0 radical (unpaired) electrons. The Morgan fingerprint density at radius 3 is 2.75 bits per heavy atom. The molecule has 0 saturated heterocycles. The fourth-order valence-corrected chi connectivity index (χ4v) is 2.19. The van der Waals surface area contributed by atoms with Gasteiger partial charge in [-0.1, -0.05) is 29.8 Å². The molecule has 5 nitrogen and oxygen atoms in total. The SMILES string of the molecule is Cc1ccc(CNC(=O)c2n[nH]c(C3CC3)c2N)cc1. The molecule has 1 amide bonds. The van der Waals surface area contributed by atoms with Gasteiger partial charge < -0.3 is 11.1 Å². The average molecular weight is 270 g/mol. The number of aromatic nitrogens is 2. The van der Waals surface area contributed by atoms with Gasteiger partial charge in [-0.3, -0.25) is 9.89 Å². The van der Waals surface area contributed by atoms with Crippen LogP contribution in [0.2, 0.25) is 0 Å². The predicted octanol–water partition coefficient (Wildman–Crippen LogP) is 2.11. The third-order valence-electron chi connectivity index (χ3n) is 3.61. The van der Waals surface area contributed by atoms with E-state index in [-0.39, 0.29) is 5.91 Å². The predicted molar refractivity (Wildman–Crippen MR) is 77.3 cm³/mol. The summed E-state index contributed by atoms with van der Waals surface area (Å²) in [6, 6.07) is 8.05. The normalized spacial score (nSPS) is 14.2. The Morgan fingerprint density at radius 2 is 2.10 bits per heavy atom. The highest BCUT2D eigenvalue weighted by Crippen LogP contribution is 2.42. The smallest absolute Gasteiger partial charge is 0.274 e. The first-order valence-electron chi connectivity index (χ1n) is 6.82. The minimum absolute atomic E-state index is 0.230. The van der Waals surface area contributed by atoms with E-state index < -0.39 is 0 Å². The minimum atomic E-state index is -0.230. The summed E-state index contributed by atoms with van der Waals surface area (Å²) in [5, 5.41) is 9.77. The summed E-state index contributed by atoms with van der Waals surface area (Å²) in [5.74, 6) is 0.229. The molecular formula is C15H18N4O. The van der Waals surface area contributed by atoms with Gasteiger partial charge in [0.2, 0.25) is 0 Å². The van der Waals surface area contributed by atoms with Crippen LogP contribution in [0.1, 0.15) is 46.1 Å². The van der Waals surface area contributed by atoms with E-state index in [0.29, 0.717) is 23.8 Å². The standard InChI is InChI=1S/C15H18N4O/c1-9-2-4-10(5-3-9)8-17-15(20)14-12(16)13(18-19-14)11-6-7-11/h2-5,11H,6-8,16H2,1H3,(H,17,20)(H,18,19). The molecule has 1 aliphatic rings. The molecule has 104 valence electrons. The Morgan fingerprint density at radius 1 is 1.40 bits per heavy atom. The van der Waals surface area contributed by atoms with Crippen LogP contribution >= 0.6 is 0 Å². The molecule has 20 heavy (non-hydrogen) atoms. The van der Waals surface area contributed by atoms with E-state index in [1.165, 1.54) is 5.56 Å². The Labute approximate surface area is 117 Å². The van der Waals surface area contributed by atoms with Gasteiger partial charge in [0.1, 0.15) is 0 Å². The van der Waals surface area contributed by atoms with Gasteiger partial charge >= 0.3 is 0 Å². The summed E-state index contributed by atoms with van der Waals surface area (Å²) < 4.78 is 0. The van der Waals surface area contributed by atoms with Gasteiger partial charge in [-0.15, -0.1) is 0 Å². The van der Waals surface area contributed by atoms with Gasteiger partial charge in [0.25, 0.3) is 5.91 Å². The fraction of sp³-hybridized carbons (Fsp3) is 0.333. The first kappa shape index (κ1) is 12.7. The van der Waals surface area contributed by atoms with E-state index in [1.807, 2.05) is 31.2 Å². The van der Waals surface area contributed by atoms with Gasteiger partial charge in [0.05, 0.1) is 11.4 Å². The van der Waals surface area contributed by atoms with E-state index in [9.17, 15) is 4.79 Å². The number of aromatic amines is 1. The second-order valence-electron chi connectivity index (χ2n) is 5.34. The summed E-state index contributed by atoms with van der Waals surface area (Å²) in [7, 11) is 0. The van der Waals surface area contributed by atoms with Crippen molar-refractivity contribution < 1.29 is 4.79 Å². The summed E-state index contributed by atoms with van der Waals surface area (Å²) in [4.78, 5) is 12.1. The van der Waals surface area contributed by atoms with Crippen molar-refractivity contribution in [1.29, 1.82) is 0 Å². The highest BCUT2D eigenvalue weighted by molar-refractivity contribution is 5.97. The van der Waals surface area contributed by atoms with Crippen molar-refractivity contribution in [2.75, 3.05) is 5.73 Å². The highest BCUT2D eigenvalue weighted by Gasteiger charge is 2.30. The molecule has 3 rings (SSSR count). The Balaban J connectivity index is 1.65. The number of nitrogen functional groups attached to an aromatic ring is 1. The molecule has 0 unspecified atom stereocenters. The number of hydrogen-bond acceptors (Lipinski definition) is 3. The van der Waals surface area contributed by atoms with Crippen LogP contribution in [0.5, 0.6) is 0 Å². The molecule has 1 aliphatic carbocycles. The van der Waals surface area contributed by atoms with Crippen LogP contribution in [-0.2, 0) is 6.54 Å². The third kappa shape index (κ3) is 2.52. The van der Waals surface area contributed by atoms with Crippen LogP contribution < -0.4 is 11.1 Å². The topological polar surface area (TPSA) is 83.8 Å². The number of anilines is 1. The van der Waals surface area contributed by atoms with Gasteiger partial charge in [-0.2, -0.15) is 5.10 Å². The lowest BCUT2D eigenvalue weighted by Crippen LogP contribution is -2.24. The number of H-pyrrole nitrogens is 1. The van der Waals surface area contributed by atoms with Crippen LogP contribution in [0, 0.1) is 6.92 Å². The Bertz CT molecular complexity index is 626. The maximum Gasteiger partial charge on any atom is 0.274 e. The molecule has 1 aromatic heterocycles. The lowest BCUT2D eigenvalue weighted by Gasteiger charge is -2.04. The molecule has 0 aliphatic heterocycles. The monoisotopic (exact) mass is 270 g/mol. The van der Waals surface area contributed by atoms with Gasteiger partial charge in [-0.25, -0.2) is 0 Å². The van der Waals surface area contributed by atoms with Crippen molar-refractivity contribution in [3.8, 4) is 0 Å². The van der Waals surface area contributed by atoms with E-state index in [1.54, 1.807) is 0 Å². The first-order chi connectivity index (χ1) is 9.65. The number of carbonyl (C=O) groups excluding carboxylic acids is 1. The number of aryl methyl sites for hydroxylation is 1. The molecule has 0 bridgehead atoms. The number of nitrogens with zero attached hydrogens (tertiary/aromatic N) is 1. The second-order valence-corrected chi connectivity index (χ2v) is 5.34. The van der Waals surface area contributed by atoms with E-state index >= 15 is 0 Å². The van der Waals surface area contributed by atoms with Crippen molar-refractivity contribution in [2.24, 2.45) is 0 Å². The highest BCUT2D eigenvalue weighted by atomic mass is 16.1. The maximum absolute atomic E-state index is 12.1. The largest absolute Gasteiger partial charge is 0.395 e. The minimum Gasteiger partial charge on any atom is -0.395 e. The second kappa shape index (κ2) is 5.00. The molecule has 2 aromatic rings. The zero-order chi connectivity index (χ0) is 14.1. The van der Waals surface area contributed by atoms with E-state index in [4.69, 9.17) is 5.73 Å². The van der Waals surface area contributed by atoms with E-state index in [2.05, 4.69) is 15.5 Å². The number of benzene rings is 1. The van der Waals surface area contributed by atoms with E-state index in [0.717, 1.165) is 24.1 Å². The number of amides is 1. The van der Waals surface area contributed by atoms with Gasteiger partial charge in [-0.05, 0) is 25.3 Å². The van der Waals surface area contributed by atoms with Crippen molar-refractivity contribution in [3.63, 3.8) is 0 Å². The Kier molecular flexibility index (Phi) is 3.18. The lowest BCUT2D eigenvalue weighted by molar-refractivity contribution is 0.0947. The van der Waals surface area contributed by atoms with Crippen LogP contribution in [0.3, 0.4) is 0 Å². The molecule has 5 heteroatoms. The molecule has 4 N–H and O–H groups in total. The number of hydrogen-bond donors (Lipinski definition) is 3. The van der Waals surface area contributed by atoms with Crippen molar-refractivity contribution in [3.05, 3.63) is 46.8 Å². The molecule has 1 heterocycles. The third-order valence-corrected chi connectivity index (χ3v) is 3.61. The molecule has 1 fully saturated rings. The quantitative estimate of drug-likeness (QED) is 0.795. The summed E-state index contributed by atoms with van der Waals surface area (Å²) in [5.41, 5.74) is 9.94. The fourth-order valence-electron chi connectivity index (χ4n) is 2.19. The molecule has 1 saturated carbocycles. The maximum atomic E-state index is 12.1. The number of rotatable bonds is 4. The number of carbonyl (C=O) groups is 1. The average Bonchev–Trinajstić information content (AvgIpc) is 3.21. The van der Waals surface area contributed by atoms with Crippen LogP contribution in [0.25, 0.3) is 0 Å². The summed E-state index contributed by atoms with van der Waals surface area (Å²) >= 11 is 0. The van der Waals surface area contributed by atoms with Crippen LogP contribution in [0.15, 0.2) is 24.3 Å². The van der Waals surface area contributed by atoms with Crippen LogP contribution in [0.4, 0.5) is 5.69 Å². The molecule has 1 aromatic carbocycles. The number of nitrogens with one attached hydrogen (secondary N) is 2. The zero-order valence-corrected chi connectivity index (χ0v) is 11.4. The van der Waals surface area contributed by atoms with Crippen molar-refractivity contribution in [1.82, 2.24) is 15.5 Å². The van der Waals surface area contributed by atoms with Crippen molar-refractivity contribution >= 4 is 11.6 Å². The zero-order valence-electron chi connectivity index (χ0n) is 11.4. The summed E-state index contributed by atoms with van der Waals surface area (Å²) in [6.45, 7) is 2.51. The van der Waals surface area contributed by atoms with Gasteiger partial charge in [0.15, 0.2) is 5.69 Å². The van der Waals surface area contributed by atoms with Crippen LogP contribution in [-0.4, -0.2) is 16.1 Å². The summed E-state index contributed by atoms with van der Waals surface area (Å²) in [6.07, 6.45) is 2.24. The van der Waals surface area contributed by atoms with Gasteiger partial charge in [0, 0.05) is 12.5 Å². The first-order valence-corrected chi connectivity index (χ1v) is 6.82. The lowest BCUT2D eigenvalue weighted by atomic mass is 10.1. The molecule has 0 atom stereocenters. The Hall–Kier alpha value is -2.30. The molecule has 0 spiro atoms. The van der Waals surface area contributed by atoms with Crippen molar-refractivity contribution in [2.45, 2.75) is 32.2 Å². The molecular weight excluding hydrogens is 252 g/mol.